The highest BCUT2D eigenvalue weighted by Gasteiger charge is 2.24. The molecule has 0 spiro atoms. The molecule has 2 fully saturated rings. The fourth-order valence-corrected chi connectivity index (χ4v) is 5.28. The normalized spacial score (nSPS) is 18.8. The average molecular weight is 401 g/mol. The van der Waals surface area contributed by atoms with Crippen molar-refractivity contribution < 1.29 is 19.0 Å². The molecule has 29 heavy (non-hydrogen) atoms. The first-order valence-corrected chi connectivity index (χ1v) is 11.1. The van der Waals surface area contributed by atoms with Gasteiger partial charge in [0.05, 0.1) is 0 Å². The van der Waals surface area contributed by atoms with Gasteiger partial charge in [0.15, 0.2) is 0 Å². The van der Waals surface area contributed by atoms with E-state index in [1.807, 2.05) is 0 Å². The second-order valence-electron chi connectivity index (χ2n) is 8.85. The summed E-state index contributed by atoms with van der Waals surface area (Å²) in [5.41, 5.74) is 2.15. The lowest BCUT2D eigenvalue weighted by atomic mass is 9.81. The highest BCUT2D eigenvalue weighted by atomic mass is 19.1. The predicted molar refractivity (Wildman–Crippen MR) is 111 cm³/mol. The lowest BCUT2D eigenvalue weighted by Gasteiger charge is -2.25. The molecule has 0 atom stereocenters. The minimum Gasteiger partial charge on any atom is -0.507 e. The van der Waals surface area contributed by atoms with E-state index in [2.05, 4.69) is 0 Å². The number of phenolic OH excluding ortho intramolecular Hbond substituents is 2. The Kier molecular flexibility index (Phi) is 6.07. The number of halogens is 2. The molecule has 156 valence electrons. The standard InChI is InChI=1S/C25H30F2O2/c26-20-12-18(24(28)22(14-20)16-7-3-1-4-8-16)11-19-13-21(27)15-23(25(19)29)17-9-5-2-6-10-17/h12-17,28-29H,1-11H2. The zero-order chi connectivity index (χ0) is 20.4. The van der Waals surface area contributed by atoms with Crippen LogP contribution in [0.25, 0.3) is 0 Å². The Morgan fingerprint density at radius 1 is 0.621 bits per heavy atom. The quantitative estimate of drug-likeness (QED) is 0.576. The highest BCUT2D eigenvalue weighted by Crippen LogP contribution is 2.42. The molecule has 2 aromatic rings. The van der Waals surface area contributed by atoms with Gasteiger partial charge in [-0.1, -0.05) is 38.5 Å². The minimum absolute atomic E-state index is 0.0983. The van der Waals surface area contributed by atoms with Crippen LogP contribution in [0.4, 0.5) is 8.78 Å². The van der Waals surface area contributed by atoms with Crippen molar-refractivity contribution in [2.75, 3.05) is 0 Å². The molecule has 2 N–H and O–H groups in total. The van der Waals surface area contributed by atoms with Gasteiger partial charge in [-0.2, -0.15) is 0 Å². The SMILES string of the molecule is Oc1c(Cc2cc(F)cc(C3CCCCC3)c2O)cc(F)cc1C1CCCCC1. The van der Waals surface area contributed by atoms with Crippen molar-refractivity contribution in [3.05, 3.63) is 58.2 Å². The molecule has 4 rings (SSSR count). The van der Waals surface area contributed by atoms with Crippen LogP contribution < -0.4 is 0 Å². The van der Waals surface area contributed by atoms with Gasteiger partial charge in [0.2, 0.25) is 0 Å². The number of hydrogen-bond acceptors (Lipinski definition) is 2. The van der Waals surface area contributed by atoms with Crippen molar-refractivity contribution in [1.29, 1.82) is 0 Å². The van der Waals surface area contributed by atoms with Crippen LogP contribution in [0.15, 0.2) is 24.3 Å². The number of hydrogen-bond donors (Lipinski definition) is 2. The Labute approximate surface area is 171 Å². The summed E-state index contributed by atoms with van der Waals surface area (Å²) >= 11 is 0. The zero-order valence-corrected chi connectivity index (χ0v) is 16.9. The molecular formula is C25H30F2O2. The van der Waals surface area contributed by atoms with Gasteiger partial charge >= 0.3 is 0 Å². The Hall–Kier alpha value is -2.10. The van der Waals surface area contributed by atoms with Crippen LogP contribution in [0.2, 0.25) is 0 Å². The van der Waals surface area contributed by atoms with Gasteiger partial charge in [0.1, 0.15) is 23.1 Å². The molecule has 0 unspecified atom stereocenters. The van der Waals surface area contributed by atoms with Crippen molar-refractivity contribution >= 4 is 0 Å². The topological polar surface area (TPSA) is 40.5 Å². The van der Waals surface area contributed by atoms with Crippen LogP contribution in [-0.2, 0) is 6.42 Å². The summed E-state index contributed by atoms with van der Waals surface area (Å²) in [7, 11) is 0. The molecule has 2 saturated carbocycles. The summed E-state index contributed by atoms with van der Waals surface area (Å²) in [6.45, 7) is 0. The first kappa shape index (κ1) is 20.2. The summed E-state index contributed by atoms with van der Waals surface area (Å²) < 4.78 is 28.7. The van der Waals surface area contributed by atoms with Crippen LogP contribution in [0.5, 0.6) is 11.5 Å². The molecule has 0 aliphatic heterocycles. The minimum atomic E-state index is -0.387. The fraction of sp³-hybridized carbons (Fsp3) is 0.520. The molecule has 2 aliphatic carbocycles. The molecular weight excluding hydrogens is 370 g/mol. The molecule has 0 heterocycles. The predicted octanol–water partition coefficient (Wildman–Crippen LogP) is 7.06. The van der Waals surface area contributed by atoms with Crippen molar-refractivity contribution in [2.24, 2.45) is 0 Å². The third kappa shape index (κ3) is 4.41. The first-order valence-electron chi connectivity index (χ1n) is 11.1. The molecule has 0 radical (unpaired) electrons. The van der Waals surface area contributed by atoms with Gasteiger partial charge in [-0.05, 0) is 61.8 Å². The van der Waals surface area contributed by atoms with Gasteiger partial charge in [-0.3, -0.25) is 0 Å². The van der Waals surface area contributed by atoms with Crippen molar-refractivity contribution in [2.45, 2.75) is 82.5 Å². The smallest absolute Gasteiger partial charge is 0.124 e. The second-order valence-corrected chi connectivity index (χ2v) is 8.85. The third-order valence-corrected chi connectivity index (χ3v) is 6.84. The molecule has 0 bridgehead atoms. The molecule has 2 aromatic carbocycles. The van der Waals surface area contributed by atoms with Crippen LogP contribution in [-0.4, -0.2) is 10.2 Å². The zero-order valence-electron chi connectivity index (χ0n) is 16.9. The van der Waals surface area contributed by atoms with Gasteiger partial charge in [-0.25, -0.2) is 8.78 Å². The molecule has 0 amide bonds. The summed E-state index contributed by atoms with van der Waals surface area (Å²) in [6, 6.07) is 5.50. The summed E-state index contributed by atoms with van der Waals surface area (Å²) in [4.78, 5) is 0. The van der Waals surface area contributed by atoms with Gasteiger partial charge < -0.3 is 10.2 Å². The van der Waals surface area contributed by atoms with E-state index in [0.29, 0.717) is 22.3 Å². The largest absolute Gasteiger partial charge is 0.507 e. The van der Waals surface area contributed by atoms with Crippen LogP contribution in [0.1, 0.15) is 98.3 Å². The summed E-state index contributed by atoms with van der Waals surface area (Å²) in [6.07, 6.45) is 10.6. The van der Waals surface area contributed by atoms with Crippen molar-refractivity contribution in [3.63, 3.8) is 0 Å². The Bertz CT molecular complexity index is 794. The highest BCUT2D eigenvalue weighted by molar-refractivity contribution is 5.50. The van der Waals surface area contributed by atoms with E-state index < -0.39 is 0 Å². The molecule has 2 aliphatic rings. The molecule has 4 heteroatoms. The van der Waals surface area contributed by atoms with Crippen LogP contribution in [0.3, 0.4) is 0 Å². The lowest BCUT2D eigenvalue weighted by molar-refractivity contribution is 0.405. The molecule has 0 aromatic heterocycles. The summed E-state index contributed by atoms with van der Waals surface area (Å²) in [5.74, 6) is -0.250. The number of phenols is 2. The van der Waals surface area contributed by atoms with Gasteiger partial charge in [-0.15, -0.1) is 0 Å². The van der Waals surface area contributed by atoms with E-state index in [9.17, 15) is 19.0 Å². The second kappa shape index (κ2) is 8.73. The number of aromatic hydroxyl groups is 2. The Morgan fingerprint density at radius 3 is 1.38 bits per heavy atom. The van der Waals surface area contributed by atoms with Crippen LogP contribution in [0, 0.1) is 11.6 Å². The molecule has 2 nitrogen and oxygen atoms in total. The van der Waals surface area contributed by atoms with E-state index in [0.717, 1.165) is 51.4 Å². The lowest BCUT2D eigenvalue weighted by Crippen LogP contribution is -2.08. The third-order valence-electron chi connectivity index (χ3n) is 6.84. The monoisotopic (exact) mass is 400 g/mol. The Balaban J connectivity index is 1.67. The van der Waals surface area contributed by atoms with E-state index in [-0.39, 0.29) is 41.4 Å². The number of rotatable bonds is 4. The maximum Gasteiger partial charge on any atom is 0.124 e. The maximum atomic E-state index is 14.4. The van der Waals surface area contributed by atoms with Gasteiger partial charge in [0, 0.05) is 28.7 Å². The van der Waals surface area contributed by atoms with E-state index in [4.69, 9.17) is 0 Å². The summed E-state index contributed by atoms with van der Waals surface area (Å²) in [5, 5.41) is 21.7. The fourth-order valence-electron chi connectivity index (χ4n) is 5.28. The number of benzene rings is 2. The molecule has 0 saturated heterocycles. The first-order chi connectivity index (χ1) is 14.0. The van der Waals surface area contributed by atoms with Crippen LogP contribution >= 0.6 is 0 Å². The van der Waals surface area contributed by atoms with E-state index >= 15 is 0 Å². The maximum absolute atomic E-state index is 14.4. The Morgan fingerprint density at radius 2 is 1.00 bits per heavy atom. The van der Waals surface area contributed by atoms with Crippen molar-refractivity contribution in [1.82, 2.24) is 0 Å². The van der Waals surface area contributed by atoms with E-state index in [1.54, 1.807) is 0 Å². The van der Waals surface area contributed by atoms with Gasteiger partial charge in [0.25, 0.3) is 0 Å². The van der Waals surface area contributed by atoms with Crippen molar-refractivity contribution in [3.8, 4) is 11.5 Å². The van der Waals surface area contributed by atoms with E-state index in [1.165, 1.54) is 37.1 Å². The average Bonchev–Trinajstić information content (AvgIpc) is 2.74.